The van der Waals surface area contributed by atoms with Crippen molar-refractivity contribution in [3.05, 3.63) is 262 Å². The minimum absolute atomic E-state index is 0. The van der Waals surface area contributed by atoms with Gasteiger partial charge in [0.1, 0.15) is 64.5 Å². The van der Waals surface area contributed by atoms with Crippen molar-refractivity contribution in [1.29, 1.82) is 0 Å². The van der Waals surface area contributed by atoms with Gasteiger partial charge in [-0.3, -0.25) is 9.59 Å². The van der Waals surface area contributed by atoms with Gasteiger partial charge in [0.05, 0.1) is 41.6 Å². The fraction of sp³-hybridized carbons (Fsp3) is 0.222. The van der Waals surface area contributed by atoms with E-state index in [0.717, 1.165) is 80.7 Å². The molecule has 1 aliphatic rings. The van der Waals surface area contributed by atoms with Crippen LogP contribution >= 0.6 is 46.4 Å². The van der Waals surface area contributed by atoms with Crippen molar-refractivity contribution in [1.82, 2.24) is 99.9 Å². The number of carbonyl (C=O) groups excluding carboxylic acids is 2. The highest BCUT2D eigenvalue weighted by Gasteiger charge is 2.28. The van der Waals surface area contributed by atoms with Gasteiger partial charge in [-0.2, -0.15) is 20.4 Å². The molecule has 0 spiro atoms. The van der Waals surface area contributed by atoms with Gasteiger partial charge in [-0.25, -0.2) is 23.1 Å². The Kier molecular flexibility index (Phi) is 31.7. The normalized spacial score (nSPS) is 11.6. The molecule has 22 nitrogen and oxygen atoms in total. The minimum Gasteiger partial charge on any atom is -0.353 e. The maximum Gasteiger partial charge on any atom is 0.244 e. The molecule has 17 rings (SSSR count). The van der Waals surface area contributed by atoms with Crippen LogP contribution < -0.4 is 5.32 Å². The Morgan fingerprint density at radius 1 is 0.376 bits per heavy atom. The lowest BCUT2D eigenvalue weighted by atomic mass is 10.1. The zero-order valence-corrected chi connectivity index (χ0v) is 64.3. The molecular weight excluding hydrogens is 1550 g/mol. The number of hydrogen-bond donors (Lipinski definition) is 1. The lowest BCUT2D eigenvalue weighted by Crippen LogP contribution is -2.48. The predicted molar refractivity (Wildman–Crippen MR) is 478 cm³/mol. The first-order valence-corrected chi connectivity index (χ1v) is 37.1. The number of nitrogens with zero attached hydrogens (tertiary/aromatic N) is 19. The van der Waals surface area contributed by atoms with E-state index in [1.165, 1.54) is 17.7 Å². The third kappa shape index (κ3) is 20.1. The summed E-state index contributed by atoms with van der Waals surface area (Å²) in [5, 5.41) is 61.3. The average molecular weight is 1650 g/mol. The first kappa shape index (κ1) is 90.4. The number of nitrogens with one attached hydrogen (secondary N) is 1. The van der Waals surface area contributed by atoms with Gasteiger partial charge in [-0.05, 0) is 58.4 Å². The van der Waals surface area contributed by atoms with E-state index in [4.69, 9.17) is 56.6 Å². The molecule has 0 atom stereocenters. The number of likely N-dealkylation sites (N-methyl/N-ethyl adjacent to an activating group) is 2. The van der Waals surface area contributed by atoms with Crippen molar-refractivity contribution in [2.75, 3.05) is 60.4 Å². The number of halogens is 5. The Morgan fingerprint density at radius 2 is 0.684 bits per heavy atom. The van der Waals surface area contributed by atoms with E-state index in [1.54, 1.807) is 37.9 Å². The van der Waals surface area contributed by atoms with Crippen molar-refractivity contribution in [2.24, 2.45) is 14.1 Å². The maximum atomic E-state index is 13.2. The van der Waals surface area contributed by atoms with Crippen molar-refractivity contribution < 1.29 is 14.0 Å². The standard InChI is InChI=1S/C24H23ClN6O.C23H23ClN6O.C19H15ClN4.C18H12ClFN4.6CH4/c1-29-12-14-30(15-13-29)19(32)16-31-24-20(22(28-31)17-8-4-2-5-9-17)21(25)23(26-27-24)18-10-6-3-7-11-18;1-29(2)14-13-25-18(31)15-30-23-19(21(28-30)16-9-5-3-6-10-16)20(24)22(26-27-23)17-11-7-4-8-12-17;1-12-7-6-10-14(11-12)17-15-16(20)18(13-8-4-3-5-9-13)21-22-19(15)24(2)23-17;1-24-18-14(16(23-24)11-5-3-2-4-6-11)15(19)17(21-22-18)12-7-9-13(20)10-8-12;;;;;;/h2-11H,12-16H2,1H3;3-12H,13-15H2,1-2H3,(H,25,31);3-11H,1-2H3;2-10H,1H3;6*1H4. The second kappa shape index (κ2) is 41.0. The lowest BCUT2D eigenvalue weighted by molar-refractivity contribution is -0.133. The summed E-state index contributed by atoms with van der Waals surface area (Å²) in [5.74, 6) is -0.432. The summed E-state index contributed by atoms with van der Waals surface area (Å²) in [7, 11) is 9.64. The van der Waals surface area contributed by atoms with E-state index in [9.17, 15) is 14.0 Å². The van der Waals surface area contributed by atoms with Crippen LogP contribution in [0.5, 0.6) is 0 Å². The third-order valence-electron chi connectivity index (χ3n) is 18.6. The second-order valence-electron chi connectivity index (χ2n) is 26.6. The molecule has 117 heavy (non-hydrogen) atoms. The van der Waals surface area contributed by atoms with Crippen molar-refractivity contribution >= 4 is 102 Å². The highest BCUT2D eigenvalue weighted by Crippen LogP contribution is 2.42. The molecule has 16 aromatic rings. The average Bonchev–Trinajstić information content (AvgIpc) is 1.65. The van der Waals surface area contributed by atoms with Crippen LogP contribution in [-0.2, 0) is 36.8 Å². The highest BCUT2D eigenvalue weighted by molar-refractivity contribution is 6.40. The maximum absolute atomic E-state index is 13.2. The van der Waals surface area contributed by atoms with E-state index in [0.29, 0.717) is 113 Å². The summed E-state index contributed by atoms with van der Waals surface area (Å²) in [6, 6.07) is 72.8. The molecule has 1 fully saturated rings. The van der Waals surface area contributed by atoms with Gasteiger partial charge in [0.15, 0.2) is 22.6 Å². The molecule has 0 aliphatic carbocycles. The SMILES string of the molecule is C.C.C.C.C.C.CN(C)CCNC(=O)Cn1nc(-c2ccccc2)c2c(Cl)c(-c3ccccc3)nnc21.CN1CCN(C(=O)Cn2nc(-c3ccccc3)c3c(Cl)c(-c4ccccc4)nnc32)CC1.Cc1cccc(-c2nn(C)c3nnc(-c4ccccc4)c(Cl)c23)c1.Cn1nc(-c2ccccc2)c2c(Cl)c(-c3ccc(F)cc3)nnc21. The fourth-order valence-corrected chi connectivity index (χ4v) is 14.1. The molecule has 0 bridgehead atoms. The summed E-state index contributed by atoms with van der Waals surface area (Å²) in [6.07, 6.45) is 0. The molecule has 8 aromatic carbocycles. The van der Waals surface area contributed by atoms with E-state index < -0.39 is 0 Å². The van der Waals surface area contributed by atoms with Crippen LogP contribution in [0.25, 0.3) is 134 Å². The fourth-order valence-electron chi connectivity index (χ4n) is 12.9. The molecule has 8 aromatic heterocycles. The molecule has 27 heteroatoms. The van der Waals surface area contributed by atoms with E-state index in [-0.39, 0.29) is 75.3 Å². The Labute approximate surface area is 702 Å². The number of piperazine rings is 1. The molecule has 0 saturated carbocycles. The van der Waals surface area contributed by atoms with Crippen molar-refractivity contribution in [3.63, 3.8) is 0 Å². The molecule has 0 radical (unpaired) electrons. The first-order valence-electron chi connectivity index (χ1n) is 35.6. The Hall–Kier alpha value is -12.1. The van der Waals surface area contributed by atoms with Gasteiger partial charge in [-0.1, -0.05) is 297 Å². The molecular formula is C90H97Cl4FN20O2. The smallest absolute Gasteiger partial charge is 0.244 e. The van der Waals surface area contributed by atoms with Gasteiger partial charge in [-0.15, -0.1) is 40.8 Å². The number of aryl methyl sites for hydroxylation is 3. The van der Waals surface area contributed by atoms with Crippen LogP contribution in [0.15, 0.2) is 231 Å². The number of aromatic nitrogens is 16. The van der Waals surface area contributed by atoms with Crippen LogP contribution in [0, 0.1) is 12.7 Å². The number of fused-ring (bicyclic) bond motifs is 4. The van der Waals surface area contributed by atoms with E-state index in [1.807, 2.05) is 225 Å². The summed E-state index contributed by atoms with van der Waals surface area (Å²) in [4.78, 5) is 31.6. The Morgan fingerprint density at radius 3 is 1.04 bits per heavy atom. The van der Waals surface area contributed by atoms with Crippen LogP contribution in [0.4, 0.5) is 4.39 Å². The van der Waals surface area contributed by atoms with Crippen molar-refractivity contribution in [3.8, 4) is 90.1 Å². The summed E-state index contributed by atoms with van der Waals surface area (Å²) in [6.45, 7) is 6.67. The summed E-state index contributed by atoms with van der Waals surface area (Å²) in [5.41, 5.74) is 15.9. The lowest BCUT2D eigenvalue weighted by Gasteiger charge is -2.32. The summed E-state index contributed by atoms with van der Waals surface area (Å²) >= 11 is 27.1. The second-order valence-corrected chi connectivity index (χ2v) is 28.1. The molecule has 604 valence electrons. The molecule has 1 N–H and O–H groups in total. The number of rotatable bonds is 15. The van der Waals surface area contributed by atoms with Crippen LogP contribution in [-0.4, -0.2) is 167 Å². The van der Waals surface area contributed by atoms with Gasteiger partial charge < -0.3 is 20.0 Å². The number of hydrogen-bond acceptors (Lipinski definition) is 16. The van der Waals surface area contributed by atoms with E-state index in [2.05, 4.69) is 87.3 Å². The van der Waals surface area contributed by atoms with Crippen LogP contribution in [0.1, 0.15) is 50.1 Å². The van der Waals surface area contributed by atoms with Gasteiger partial charge in [0.2, 0.25) is 11.8 Å². The Bertz CT molecular complexity index is 5970. The first-order chi connectivity index (χ1) is 54.0. The van der Waals surface area contributed by atoms with Gasteiger partial charge in [0, 0.05) is 97.9 Å². The topological polar surface area (TPSA) is 230 Å². The molecule has 1 saturated heterocycles. The quantitative estimate of drug-likeness (QED) is 0.101. The zero-order chi connectivity index (χ0) is 77.2. The monoisotopic (exact) mass is 1650 g/mol. The molecule has 0 unspecified atom stereocenters. The Balaban J connectivity index is 0.000000193. The van der Waals surface area contributed by atoms with Crippen LogP contribution in [0.3, 0.4) is 0 Å². The number of carbonyl (C=O) groups is 2. The predicted octanol–water partition coefficient (Wildman–Crippen LogP) is 20.0. The van der Waals surface area contributed by atoms with Crippen LogP contribution in [0.2, 0.25) is 20.1 Å². The van der Waals surface area contributed by atoms with Crippen molar-refractivity contribution in [2.45, 2.75) is 64.6 Å². The zero-order valence-electron chi connectivity index (χ0n) is 61.3. The largest absolute Gasteiger partial charge is 0.353 e. The van der Waals surface area contributed by atoms with E-state index >= 15 is 0 Å². The number of benzene rings is 8. The highest BCUT2D eigenvalue weighted by atomic mass is 35.5. The molecule has 1 aliphatic heterocycles. The summed E-state index contributed by atoms with van der Waals surface area (Å²) < 4.78 is 19.7. The van der Waals surface area contributed by atoms with Gasteiger partial charge in [0.25, 0.3) is 0 Å². The number of amides is 2. The van der Waals surface area contributed by atoms with Gasteiger partial charge >= 0.3 is 0 Å². The minimum atomic E-state index is -0.310. The molecule has 9 heterocycles. The third-order valence-corrected chi connectivity index (χ3v) is 20.1. The molecule has 2 amide bonds.